The Hall–Kier alpha value is -2.34. The van der Waals surface area contributed by atoms with Crippen LogP contribution in [0.1, 0.15) is 11.3 Å². The van der Waals surface area contributed by atoms with Crippen molar-refractivity contribution in [1.29, 1.82) is 0 Å². The number of aliphatic hydroxyl groups excluding tert-OH is 1. The van der Waals surface area contributed by atoms with E-state index < -0.39 is 0 Å². The summed E-state index contributed by atoms with van der Waals surface area (Å²) in [5.41, 5.74) is 1.98. The van der Waals surface area contributed by atoms with Gasteiger partial charge in [-0.2, -0.15) is 5.10 Å². The summed E-state index contributed by atoms with van der Waals surface area (Å²) in [7, 11) is 1.82. The summed E-state index contributed by atoms with van der Waals surface area (Å²) < 4.78 is 1.70. The molecule has 0 fully saturated rings. The lowest BCUT2D eigenvalue weighted by molar-refractivity contribution is 0.215. The van der Waals surface area contributed by atoms with Gasteiger partial charge in [-0.1, -0.05) is 30.3 Å². The minimum atomic E-state index is -0.307. The van der Waals surface area contributed by atoms with Crippen molar-refractivity contribution in [2.75, 3.05) is 6.61 Å². The van der Waals surface area contributed by atoms with E-state index in [1.54, 1.807) is 10.9 Å². The van der Waals surface area contributed by atoms with E-state index in [9.17, 15) is 9.90 Å². The zero-order chi connectivity index (χ0) is 15.1. The molecule has 1 heterocycles. The lowest BCUT2D eigenvalue weighted by atomic mass is 10.1. The number of hydrogen-bond acceptors (Lipinski definition) is 3. The van der Waals surface area contributed by atoms with E-state index in [-0.39, 0.29) is 18.7 Å². The molecule has 0 saturated carbocycles. The summed E-state index contributed by atoms with van der Waals surface area (Å²) in [5.74, 6) is 0. The fraction of sp³-hybridized carbons (Fsp3) is 0.333. The zero-order valence-corrected chi connectivity index (χ0v) is 12.0. The van der Waals surface area contributed by atoms with Gasteiger partial charge in [0, 0.05) is 13.2 Å². The van der Waals surface area contributed by atoms with Gasteiger partial charge in [0.2, 0.25) is 0 Å². The van der Waals surface area contributed by atoms with Gasteiger partial charge in [0.15, 0.2) is 0 Å². The fourth-order valence-corrected chi connectivity index (χ4v) is 2.04. The highest BCUT2D eigenvalue weighted by Gasteiger charge is 2.12. The molecule has 0 radical (unpaired) electrons. The van der Waals surface area contributed by atoms with E-state index in [0.717, 1.165) is 11.3 Å². The molecule has 2 amide bonds. The smallest absolute Gasteiger partial charge is 0.315 e. The van der Waals surface area contributed by atoms with Gasteiger partial charge in [-0.15, -0.1) is 0 Å². The number of amides is 2. The lowest BCUT2D eigenvalue weighted by Gasteiger charge is -2.17. The molecule has 0 aliphatic carbocycles. The molecule has 1 aromatic carbocycles. The van der Waals surface area contributed by atoms with E-state index in [4.69, 9.17) is 0 Å². The van der Waals surface area contributed by atoms with Crippen LogP contribution in [0.25, 0.3) is 0 Å². The van der Waals surface area contributed by atoms with Crippen LogP contribution in [0.3, 0.4) is 0 Å². The Kier molecular flexibility index (Phi) is 5.34. The molecule has 2 aromatic rings. The van der Waals surface area contributed by atoms with Gasteiger partial charge < -0.3 is 15.7 Å². The van der Waals surface area contributed by atoms with Gasteiger partial charge in [-0.25, -0.2) is 4.79 Å². The van der Waals surface area contributed by atoms with Crippen LogP contribution >= 0.6 is 0 Å². The van der Waals surface area contributed by atoms with Crippen molar-refractivity contribution in [3.63, 3.8) is 0 Å². The van der Waals surface area contributed by atoms with E-state index in [1.807, 2.05) is 43.4 Å². The van der Waals surface area contributed by atoms with E-state index in [0.29, 0.717) is 13.0 Å². The molecule has 1 unspecified atom stereocenters. The number of rotatable bonds is 6. The Morgan fingerprint density at radius 1 is 1.33 bits per heavy atom. The predicted octanol–water partition coefficient (Wildman–Crippen LogP) is 0.823. The largest absolute Gasteiger partial charge is 0.394 e. The SMILES string of the molecule is Cn1nccc1CNC(=O)NC(CO)Cc1ccccc1. The quantitative estimate of drug-likeness (QED) is 0.736. The van der Waals surface area contributed by atoms with Crippen LogP contribution in [0.15, 0.2) is 42.6 Å². The number of aliphatic hydroxyl groups is 1. The standard InChI is InChI=1S/C15H20N4O2/c1-19-14(7-8-17-19)10-16-15(21)18-13(11-20)9-12-5-3-2-4-6-12/h2-8,13,20H,9-11H2,1H3,(H2,16,18,21). The van der Waals surface area contributed by atoms with E-state index in [1.165, 1.54) is 0 Å². The van der Waals surface area contributed by atoms with Gasteiger partial charge in [0.25, 0.3) is 0 Å². The maximum atomic E-state index is 11.8. The molecule has 0 bridgehead atoms. The highest BCUT2D eigenvalue weighted by molar-refractivity contribution is 5.74. The van der Waals surface area contributed by atoms with Crippen molar-refractivity contribution in [2.45, 2.75) is 19.0 Å². The minimum Gasteiger partial charge on any atom is -0.394 e. The topological polar surface area (TPSA) is 79.2 Å². The second-order valence-electron chi connectivity index (χ2n) is 4.84. The number of urea groups is 1. The summed E-state index contributed by atoms with van der Waals surface area (Å²) in [6, 6.07) is 11.0. The summed E-state index contributed by atoms with van der Waals surface area (Å²) in [6.45, 7) is 0.292. The number of nitrogens with one attached hydrogen (secondary N) is 2. The Balaban J connectivity index is 1.81. The predicted molar refractivity (Wildman–Crippen MR) is 79.6 cm³/mol. The maximum absolute atomic E-state index is 11.8. The minimum absolute atomic E-state index is 0.103. The molecule has 21 heavy (non-hydrogen) atoms. The van der Waals surface area contributed by atoms with Gasteiger partial charge in [0.1, 0.15) is 0 Å². The fourth-order valence-electron chi connectivity index (χ4n) is 2.04. The third-order valence-corrected chi connectivity index (χ3v) is 3.23. The van der Waals surface area contributed by atoms with Gasteiger partial charge in [0.05, 0.1) is 24.9 Å². The molecule has 0 aliphatic rings. The summed E-state index contributed by atoms with van der Waals surface area (Å²) in [6.07, 6.45) is 2.28. The zero-order valence-electron chi connectivity index (χ0n) is 12.0. The lowest BCUT2D eigenvalue weighted by Crippen LogP contribution is -2.44. The normalized spacial score (nSPS) is 11.9. The highest BCUT2D eigenvalue weighted by atomic mass is 16.3. The van der Waals surface area contributed by atoms with Gasteiger partial charge in [-0.05, 0) is 18.1 Å². The third kappa shape index (κ3) is 4.61. The average Bonchev–Trinajstić information content (AvgIpc) is 2.91. The summed E-state index contributed by atoms with van der Waals surface area (Å²) >= 11 is 0. The molecule has 6 heteroatoms. The number of benzene rings is 1. The number of aromatic nitrogens is 2. The Labute approximate surface area is 123 Å². The monoisotopic (exact) mass is 288 g/mol. The second-order valence-corrected chi connectivity index (χ2v) is 4.84. The number of hydrogen-bond donors (Lipinski definition) is 3. The summed E-state index contributed by atoms with van der Waals surface area (Å²) in [5, 5.41) is 18.9. The highest BCUT2D eigenvalue weighted by Crippen LogP contribution is 2.03. The Morgan fingerprint density at radius 2 is 2.10 bits per heavy atom. The Morgan fingerprint density at radius 3 is 2.71 bits per heavy atom. The van der Waals surface area contributed by atoms with E-state index >= 15 is 0 Å². The maximum Gasteiger partial charge on any atom is 0.315 e. The van der Waals surface area contributed by atoms with Gasteiger partial charge in [-0.3, -0.25) is 4.68 Å². The molecule has 112 valence electrons. The van der Waals surface area contributed by atoms with Crippen LogP contribution in [0.2, 0.25) is 0 Å². The molecule has 1 aromatic heterocycles. The van der Waals surface area contributed by atoms with Gasteiger partial charge >= 0.3 is 6.03 Å². The first-order chi connectivity index (χ1) is 10.2. The average molecular weight is 288 g/mol. The van der Waals surface area contributed by atoms with Crippen molar-refractivity contribution in [1.82, 2.24) is 20.4 Å². The molecule has 0 spiro atoms. The molecule has 1 atom stereocenters. The van der Waals surface area contributed by atoms with Crippen molar-refractivity contribution in [3.05, 3.63) is 53.9 Å². The molecular formula is C15H20N4O2. The van der Waals surface area contributed by atoms with Crippen LogP contribution < -0.4 is 10.6 Å². The molecule has 0 aliphatic heterocycles. The van der Waals surface area contributed by atoms with Crippen molar-refractivity contribution >= 4 is 6.03 Å². The third-order valence-electron chi connectivity index (χ3n) is 3.23. The van der Waals surface area contributed by atoms with Crippen LogP contribution in [0.4, 0.5) is 4.79 Å². The molecular weight excluding hydrogens is 268 g/mol. The summed E-state index contributed by atoms with van der Waals surface area (Å²) in [4.78, 5) is 11.8. The molecule has 6 nitrogen and oxygen atoms in total. The number of aryl methyl sites for hydroxylation is 1. The van der Waals surface area contributed by atoms with Crippen molar-refractivity contribution in [2.24, 2.45) is 7.05 Å². The first-order valence-electron chi connectivity index (χ1n) is 6.85. The first kappa shape index (κ1) is 15.1. The molecule has 3 N–H and O–H groups in total. The molecule has 2 rings (SSSR count). The molecule has 0 saturated heterocycles. The number of nitrogens with zero attached hydrogens (tertiary/aromatic N) is 2. The van der Waals surface area contributed by atoms with Crippen LogP contribution in [-0.2, 0) is 20.0 Å². The van der Waals surface area contributed by atoms with Crippen LogP contribution in [0, 0.1) is 0 Å². The van der Waals surface area contributed by atoms with Crippen molar-refractivity contribution in [3.8, 4) is 0 Å². The van der Waals surface area contributed by atoms with Crippen molar-refractivity contribution < 1.29 is 9.90 Å². The number of carbonyl (C=O) groups is 1. The second kappa shape index (κ2) is 7.44. The Bertz CT molecular complexity index is 568. The van der Waals surface area contributed by atoms with E-state index in [2.05, 4.69) is 15.7 Å². The van der Waals surface area contributed by atoms with Crippen LogP contribution in [-0.4, -0.2) is 33.6 Å². The number of carbonyl (C=O) groups excluding carboxylic acids is 1. The van der Waals surface area contributed by atoms with Crippen LogP contribution in [0.5, 0.6) is 0 Å². The first-order valence-corrected chi connectivity index (χ1v) is 6.85.